The molecule has 1 N–H and O–H groups in total. The number of amides is 1. The molecule has 1 unspecified atom stereocenters. The van der Waals surface area contributed by atoms with E-state index in [9.17, 15) is 4.79 Å². The summed E-state index contributed by atoms with van der Waals surface area (Å²) in [6, 6.07) is 27.9. The number of carbonyl (C=O) groups is 1. The van der Waals surface area contributed by atoms with Crippen molar-refractivity contribution in [3.05, 3.63) is 95.6 Å². The smallest absolute Gasteiger partial charge is 0.258 e. The summed E-state index contributed by atoms with van der Waals surface area (Å²) in [5.74, 6) is 2.23. The summed E-state index contributed by atoms with van der Waals surface area (Å²) in [5.41, 5.74) is 6.51. The summed E-state index contributed by atoms with van der Waals surface area (Å²) in [6.45, 7) is 12.0. The number of benzene rings is 4. The number of rotatable bonds is 10. The molecular weight excluding hydrogens is 603 g/mol. The molecule has 47 heavy (non-hydrogen) atoms. The molecule has 0 radical (unpaired) electrons. The SMILES string of the molecule is C=Nc1ccc(CSN2CCC(Nc3ccccc3)CC2(C)C)cc1OCN1CCC(c2ccc3c4c(cccc24)C(=O)N3C)CC1. The molecule has 7 rings (SSSR count). The molecule has 1 atom stereocenters. The number of para-hydroxylation sites is 1. The van der Waals surface area contributed by atoms with E-state index in [1.165, 1.54) is 22.2 Å². The van der Waals surface area contributed by atoms with Gasteiger partial charge in [-0.2, -0.15) is 0 Å². The number of nitrogens with one attached hydrogen (secondary N) is 1. The molecule has 1 amide bonds. The van der Waals surface area contributed by atoms with Gasteiger partial charge in [0.05, 0.1) is 5.69 Å². The third-order valence-electron chi connectivity index (χ3n) is 10.2. The number of nitrogens with zero attached hydrogens (tertiary/aromatic N) is 4. The third kappa shape index (κ3) is 6.51. The van der Waals surface area contributed by atoms with E-state index in [2.05, 4.69) is 101 Å². The first-order valence-electron chi connectivity index (χ1n) is 16.8. The van der Waals surface area contributed by atoms with Gasteiger partial charge in [-0.15, -0.1) is 0 Å². The predicted molar refractivity (Wildman–Crippen MR) is 197 cm³/mol. The Labute approximate surface area is 283 Å². The highest BCUT2D eigenvalue weighted by Gasteiger charge is 2.35. The number of anilines is 2. The first-order chi connectivity index (χ1) is 22.8. The summed E-state index contributed by atoms with van der Waals surface area (Å²) in [7, 11) is 1.87. The van der Waals surface area contributed by atoms with Crippen molar-refractivity contribution in [2.24, 2.45) is 4.99 Å². The highest BCUT2D eigenvalue weighted by atomic mass is 32.2. The van der Waals surface area contributed by atoms with Crippen LogP contribution in [-0.4, -0.2) is 66.8 Å². The van der Waals surface area contributed by atoms with Crippen molar-refractivity contribution in [2.75, 3.05) is 43.6 Å². The minimum absolute atomic E-state index is 0.0873. The number of carbonyl (C=O) groups excluding carboxylic acids is 1. The molecule has 0 aliphatic carbocycles. The van der Waals surface area contributed by atoms with Crippen LogP contribution in [0, 0.1) is 0 Å². The van der Waals surface area contributed by atoms with Gasteiger partial charge < -0.3 is 15.0 Å². The lowest BCUT2D eigenvalue weighted by Crippen LogP contribution is -2.49. The van der Waals surface area contributed by atoms with Crippen LogP contribution in [0.4, 0.5) is 17.1 Å². The van der Waals surface area contributed by atoms with Gasteiger partial charge in [-0.05, 0) is 105 Å². The second-order valence-corrected chi connectivity index (χ2v) is 14.8. The van der Waals surface area contributed by atoms with E-state index >= 15 is 0 Å². The van der Waals surface area contributed by atoms with Crippen molar-refractivity contribution >= 4 is 52.4 Å². The van der Waals surface area contributed by atoms with Crippen molar-refractivity contribution in [1.82, 2.24) is 9.21 Å². The van der Waals surface area contributed by atoms with Crippen LogP contribution in [0.25, 0.3) is 10.8 Å². The minimum atomic E-state index is 0.0873. The van der Waals surface area contributed by atoms with Gasteiger partial charge in [0, 0.05) is 60.7 Å². The molecule has 4 aromatic carbocycles. The Hall–Kier alpha value is -3.85. The fourth-order valence-corrected chi connectivity index (χ4v) is 8.75. The van der Waals surface area contributed by atoms with E-state index in [4.69, 9.17) is 4.74 Å². The van der Waals surface area contributed by atoms with Gasteiger partial charge in [-0.3, -0.25) is 14.7 Å². The third-order valence-corrected chi connectivity index (χ3v) is 11.7. The van der Waals surface area contributed by atoms with Crippen LogP contribution in [-0.2, 0) is 5.75 Å². The van der Waals surface area contributed by atoms with E-state index in [0.29, 0.717) is 18.7 Å². The summed E-state index contributed by atoms with van der Waals surface area (Å²) >= 11 is 1.91. The van der Waals surface area contributed by atoms with Gasteiger partial charge in [0.2, 0.25) is 0 Å². The van der Waals surface area contributed by atoms with E-state index in [0.717, 1.165) is 79.1 Å². The molecule has 3 aliphatic rings. The molecule has 4 aromatic rings. The Kier molecular flexibility index (Phi) is 9.01. The molecule has 0 aromatic heterocycles. The van der Waals surface area contributed by atoms with Crippen LogP contribution < -0.4 is 15.0 Å². The topological polar surface area (TPSA) is 60.4 Å². The first kappa shape index (κ1) is 31.7. The Morgan fingerprint density at radius 3 is 2.55 bits per heavy atom. The van der Waals surface area contributed by atoms with Crippen LogP contribution >= 0.6 is 11.9 Å². The Morgan fingerprint density at radius 2 is 1.79 bits per heavy atom. The zero-order valence-corrected chi connectivity index (χ0v) is 28.6. The molecule has 7 nitrogen and oxygen atoms in total. The first-order valence-corrected chi connectivity index (χ1v) is 17.8. The van der Waals surface area contributed by atoms with Crippen molar-refractivity contribution in [1.29, 1.82) is 0 Å². The Bertz CT molecular complexity index is 1770. The maximum absolute atomic E-state index is 12.8. The lowest BCUT2D eigenvalue weighted by Gasteiger charge is -2.45. The average molecular weight is 648 g/mol. The van der Waals surface area contributed by atoms with Crippen molar-refractivity contribution in [3.63, 3.8) is 0 Å². The highest BCUT2D eigenvalue weighted by molar-refractivity contribution is 7.96. The zero-order chi connectivity index (χ0) is 32.5. The maximum atomic E-state index is 12.8. The van der Waals surface area contributed by atoms with E-state index in [-0.39, 0.29) is 11.4 Å². The number of ether oxygens (including phenoxy) is 1. The molecule has 0 bridgehead atoms. The summed E-state index contributed by atoms with van der Waals surface area (Å²) in [4.78, 5) is 21.2. The number of hydrogen-bond donors (Lipinski definition) is 1. The van der Waals surface area contributed by atoms with Gasteiger partial charge in [0.1, 0.15) is 18.2 Å². The van der Waals surface area contributed by atoms with Crippen LogP contribution in [0.5, 0.6) is 5.75 Å². The lowest BCUT2D eigenvalue weighted by atomic mass is 9.85. The molecule has 0 saturated carbocycles. The van der Waals surface area contributed by atoms with Crippen molar-refractivity contribution < 1.29 is 9.53 Å². The second-order valence-electron chi connectivity index (χ2n) is 13.8. The highest BCUT2D eigenvalue weighted by Crippen LogP contribution is 2.42. The average Bonchev–Trinajstić information content (AvgIpc) is 3.34. The quantitative estimate of drug-likeness (QED) is 0.138. The molecule has 2 fully saturated rings. The number of piperidine rings is 2. The molecule has 8 heteroatoms. The van der Waals surface area contributed by atoms with E-state index in [1.54, 1.807) is 4.90 Å². The van der Waals surface area contributed by atoms with E-state index in [1.807, 2.05) is 37.2 Å². The summed E-state index contributed by atoms with van der Waals surface area (Å²) in [6.07, 6.45) is 4.33. The van der Waals surface area contributed by atoms with Crippen LogP contribution in [0.3, 0.4) is 0 Å². The Morgan fingerprint density at radius 1 is 0.979 bits per heavy atom. The van der Waals surface area contributed by atoms with Crippen LogP contribution in [0.2, 0.25) is 0 Å². The standard InChI is InChI=1S/C39H45N5O2S/c1-39(2)24-30(41-29-9-6-5-7-10-29)19-22-44(39)47-25-27-13-15-34(40-3)36(23-27)46-26-43-20-17-28(18-21-43)31-14-16-35-37-32(31)11-8-12-33(37)38(45)42(35)4/h5-16,23,28,30,41H,3,17-22,24-26H2,1-2,4H3. The lowest BCUT2D eigenvalue weighted by molar-refractivity contribution is 0.0998. The fraction of sp³-hybridized carbons (Fsp3) is 0.385. The monoisotopic (exact) mass is 647 g/mol. The molecular formula is C39H45N5O2S. The van der Waals surface area contributed by atoms with Gasteiger partial charge in [0.25, 0.3) is 5.91 Å². The number of hydrogen-bond acceptors (Lipinski definition) is 7. The van der Waals surface area contributed by atoms with Gasteiger partial charge in [-0.25, -0.2) is 4.31 Å². The Balaban J connectivity index is 0.936. The maximum Gasteiger partial charge on any atom is 0.258 e. The summed E-state index contributed by atoms with van der Waals surface area (Å²) < 4.78 is 8.96. The minimum Gasteiger partial charge on any atom is -0.476 e. The van der Waals surface area contributed by atoms with Gasteiger partial charge in [-0.1, -0.05) is 54.4 Å². The van der Waals surface area contributed by atoms with Crippen molar-refractivity contribution in [2.45, 2.75) is 62.8 Å². The molecule has 244 valence electrons. The zero-order valence-electron chi connectivity index (χ0n) is 27.7. The van der Waals surface area contributed by atoms with Crippen molar-refractivity contribution in [3.8, 4) is 5.75 Å². The van der Waals surface area contributed by atoms with Crippen LogP contribution in [0.1, 0.15) is 66.9 Å². The summed E-state index contributed by atoms with van der Waals surface area (Å²) in [5, 5.41) is 6.07. The number of likely N-dealkylation sites (tertiary alicyclic amines) is 1. The normalized spacial score (nSPS) is 20.1. The predicted octanol–water partition coefficient (Wildman–Crippen LogP) is 8.48. The molecule has 3 aliphatic heterocycles. The molecule has 3 heterocycles. The van der Waals surface area contributed by atoms with Gasteiger partial charge >= 0.3 is 0 Å². The molecule has 0 spiro atoms. The largest absolute Gasteiger partial charge is 0.476 e. The van der Waals surface area contributed by atoms with E-state index < -0.39 is 0 Å². The van der Waals surface area contributed by atoms with Crippen LogP contribution in [0.15, 0.2) is 83.9 Å². The second kappa shape index (κ2) is 13.3. The fourth-order valence-electron chi connectivity index (χ4n) is 7.61. The number of aliphatic imine (C=N–C) groups is 1. The molecule has 2 saturated heterocycles. The van der Waals surface area contributed by atoms with Gasteiger partial charge in [0.15, 0.2) is 0 Å².